The lowest BCUT2D eigenvalue weighted by atomic mass is 10.0. The van der Waals surface area contributed by atoms with Crippen molar-refractivity contribution in [3.8, 4) is 0 Å². The smallest absolute Gasteiger partial charge is 0.253 e. The zero-order chi connectivity index (χ0) is 19.4. The van der Waals surface area contributed by atoms with Crippen LogP contribution in [0.4, 0.5) is 0 Å². The number of hydrogen-bond acceptors (Lipinski definition) is 3. The van der Waals surface area contributed by atoms with Crippen LogP contribution in [0, 0.1) is 5.92 Å². The molecule has 0 aliphatic carbocycles. The van der Waals surface area contributed by atoms with Crippen LogP contribution in [0.5, 0.6) is 0 Å². The van der Waals surface area contributed by atoms with Gasteiger partial charge in [0.2, 0.25) is 5.91 Å². The second-order valence-electron chi connectivity index (χ2n) is 6.59. The number of nitrogens with one attached hydrogen (secondary N) is 2. The Kier molecular flexibility index (Phi) is 5.76. The van der Waals surface area contributed by atoms with Crippen LogP contribution in [-0.2, 0) is 11.3 Å². The predicted molar refractivity (Wildman–Crippen MR) is 105 cm³/mol. The van der Waals surface area contributed by atoms with Gasteiger partial charge in [-0.3, -0.25) is 9.59 Å². The molecule has 27 heavy (non-hydrogen) atoms. The Labute approximate surface area is 162 Å². The Bertz CT molecular complexity index is 934. The molecule has 0 unspecified atom stereocenters. The van der Waals surface area contributed by atoms with Gasteiger partial charge >= 0.3 is 0 Å². The number of benzene rings is 1. The molecule has 6 nitrogen and oxygen atoms in total. The first-order valence-corrected chi connectivity index (χ1v) is 9.09. The van der Waals surface area contributed by atoms with E-state index in [-0.39, 0.29) is 24.3 Å². The lowest BCUT2D eigenvalue weighted by Crippen LogP contribution is -2.49. The Morgan fingerprint density at radius 3 is 2.59 bits per heavy atom. The number of pyridine rings is 1. The number of hydrogen-bond donors (Lipinski definition) is 2. The molecule has 0 fully saturated rings. The Balaban J connectivity index is 1.66. The molecule has 0 aliphatic heterocycles. The van der Waals surface area contributed by atoms with E-state index in [2.05, 4.69) is 15.6 Å². The summed E-state index contributed by atoms with van der Waals surface area (Å²) in [6, 6.07) is 11.8. The van der Waals surface area contributed by atoms with Gasteiger partial charge in [0.25, 0.3) is 5.91 Å². The zero-order valence-electron chi connectivity index (χ0n) is 15.1. The van der Waals surface area contributed by atoms with E-state index >= 15 is 0 Å². The van der Waals surface area contributed by atoms with Crippen LogP contribution in [0.2, 0.25) is 5.02 Å². The topological polar surface area (TPSA) is 75.5 Å². The third-order valence-electron chi connectivity index (χ3n) is 4.21. The number of halogens is 1. The first kappa shape index (κ1) is 18.9. The summed E-state index contributed by atoms with van der Waals surface area (Å²) in [5, 5.41) is 5.98. The van der Waals surface area contributed by atoms with Crippen molar-refractivity contribution in [2.75, 3.05) is 0 Å². The standard InChI is InChI=1S/C20H21ClN4O2/c1-13(2)18(24-19(26)15-7-3-4-8-16(15)21)20(27)22-11-14-12-25-10-6-5-9-17(25)23-14/h3-10,12-13,18H,11H2,1-2H3,(H,22,27)(H,24,26)/t18-/m0/s1. The number of nitrogens with zero attached hydrogens (tertiary/aromatic N) is 2. The van der Waals surface area contributed by atoms with Crippen molar-refractivity contribution in [3.05, 3.63) is 71.1 Å². The van der Waals surface area contributed by atoms with E-state index in [1.54, 1.807) is 24.3 Å². The van der Waals surface area contributed by atoms with Crippen LogP contribution >= 0.6 is 11.6 Å². The summed E-state index contributed by atoms with van der Waals surface area (Å²) in [7, 11) is 0. The van der Waals surface area contributed by atoms with Crippen LogP contribution in [0.1, 0.15) is 29.9 Å². The maximum Gasteiger partial charge on any atom is 0.253 e. The van der Waals surface area contributed by atoms with E-state index in [0.29, 0.717) is 10.6 Å². The number of imidazole rings is 1. The monoisotopic (exact) mass is 384 g/mol. The summed E-state index contributed by atoms with van der Waals surface area (Å²) in [5.74, 6) is -0.720. The van der Waals surface area contributed by atoms with E-state index in [4.69, 9.17) is 11.6 Å². The van der Waals surface area contributed by atoms with Gasteiger partial charge in [0.05, 0.1) is 22.8 Å². The predicted octanol–water partition coefficient (Wildman–Crippen LogP) is 3.06. The van der Waals surface area contributed by atoms with Crippen LogP contribution in [0.3, 0.4) is 0 Å². The van der Waals surface area contributed by atoms with Crippen molar-refractivity contribution >= 4 is 29.1 Å². The van der Waals surface area contributed by atoms with Crippen molar-refractivity contribution < 1.29 is 9.59 Å². The minimum Gasteiger partial charge on any atom is -0.349 e. The molecule has 2 aromatic heterocycles. The molecule has 2 heterocycles. The van der Waals surface area contributed by atoms with Crippen LogP contribution in [0.25, 0.3) is 5.65 Å². The normalized spacial score (nSPS) is 12.1. The molecule has 140 valence electrons. The Hall–Kier alpha value is -2.86. The summed E-state index contributed by atoms with van der Waals surface area (Å²) in [5.41, 5.74) is 1.90. The molecule has 2 N–H and O–H groups in total. The van der Waals surface area contributed by atoms with Gasteiger partial charge in [0, 0.05) is 12.4 Å². The minimum absolute atomic E-state index is 0.0856. The van der Waals surface area contributed by atoms with E-state index in [1.165, 1.54) is 0 Å². The highest BCUT2D eigenvalue weighted by molar-refractivity contribution is 6.33. The molecule has 0 saturated heterocycles. The lowest BCUT2D eigenvalue weighted by molar-refractivity contribution is -0.124. The van der Waals surface area contributed by atoms with Gasteiger partial charge in [0.15, 0.2) is 0 Å². The molecule has 0 radical (unpaired) electrons. The SMILES string of the molecule is CC(C)[C@H](NC(=O)c1ccccc1Cl)C(=O)NCc1cn2ccccc2n1. The molecule has 3 aromatic rings. The van der Waals surface area contributed by atoms with Crippen LogP contribution in [-0.4, -0.2) is 27.2 Å². The number of rotatable bonds is 6. The number of carbonyl (C=O) groups is 2. The number of amides is 2. The quantitative estimate of drug-likeness (QED) is 0.685. The summed E-state index contributed by atoms with van der Waals surface area (Å²) in [6.07, 6.45) is 3.76. The van der Waals surface area contributed by atoms with E-state index < -0.39 is 6.04 Å². The minimum atomic E-state index is -0.675. The largest absolute Gasteiger partial charge is 0.349 e. The van der Waals surface area contributed by atoms with Crippen molar-refractivity contribution in [2.45, 2.75) is 26.4 Å². The number of carbonyl (C=O) groups excluding carboxylic acids is 2. The molecular formula is C20H21ClN4O2. The second kappa shape index (κ2) is 8.22. The molecule has 0 aliphatic rings. The van der Waals surface area contributed by atoms with Crippen molar-refractivity contribution in [2.24, 2.45) is 5.92 Å². The van der Waals surface area contributed by atoms with Gasteiger partial charge in [-0.25, -0.2) is 4.98 Å². The molecule has 2 amide bonds. The van der Waals surface area contributed by atoms with Crippen molar-refractivity contribution in [3.63, 3.8) is 0 Å². The first-order chi connectivity index (χ1) is 13.0. The first-order valence-electron chi connectivity index (χ1n) is 8.71. The third kappa shape index (κ3) is 4.46. The molecule has 0 spiro atoms. The summed E-state index contributed by atoms with van der Waals surface area (Å²) >= 11 is 6.07. The van der Waals surface area contributed by atoms with E-state index in [9.17, 15) is 9.59 Å². The van der Waals surface area contributed by atoms with Gasteiger partial charge in [-0.15, -0.1) is 0 Å². The highest BCUT2D eigenvalue weighted by Gasteiger charge is 2.25. The molecule has 0 bridgehead atoms. The maximum absolute atomic E-state index is 12.6. The van der Waals surface area contributed by atoms with E-state index in [0.717, 1.165) is 11.3 Å². The fourth-order valence-electron chi connectivity index (χ4n) is 2.76. The third-order valence-corrected chi connectivity index (χ3v) is 4.54. The summed E-state index contributed by atoms with van der Waals surface area (Å²) in [4.78, 5) is 29.6. The summed E-state index contributed by atoms with van der Waals surface area (Å²) < 4.78 is 1.89. The summed E-state index contributed by atoms with van der Waals surface area (Å²) in [6.45, 7) is 4.04. The van der Waals surface area contributed by atoms with Gasteiger partial charge in [0.1, 0.15) is 11.7 Å². The molecule has 0 saturated carbocycles. The zero-order valence-corrected chi connectivity index (χ0v) is 15.9. The highest BCUT2D eigenvalue weighted by atomic mass is 35.5. The van der Waals surface area contributed by atoms with Gasteiger partial charge in [-0.05, 0) is 30.2 Å². The molecule has 1 aromatic carbocycles. The maximum atomic E-state index is 12.6. The Morgan fingerprint density at radius 2 is 1.89 bits per heavy atom. The Morgan fingerprint density at radius 1 is 1.15 bits per heavy atom. The van der Waals surface area contributed by atoms with Crippen LogP contribution in [0.15, 0.2) is 54.9 Å². The van der Waals surface area contributed by atoms with E-state index in [1.807, 2.05) is 48.8 Å². The number of fused-ring (bicyclic) bond motifs is 1. The average molecular weight is 385 g/mol. The van der Waals surface area contributed by atoms with Crippen molar-refractivity contribution in [1.82, 2.24) is 20.0 Å². The molecular weight excluding hydrogens is 364 g/mol. The molecule has 3 rings (SSSR count). The average Bonchev–Trinajstić information content (AvgIpc) is 3.07. The van der Waals surface area contributed by atoms with Gasteiger partial charge < -0.3 is 15.0 Å². The highest BCUT2D eigenvalue weighted by Crippen LogP contribution is 2.15. The lowest BCUT2D eigenvalue weighted by Gasteiger charge is -2.21. The van der Waals surface area contributed by atoms with Crippen molar-refractivity contribution in [1.29, 1.82) is 0 Å². The number of aromatic nitrogens is 2. The van der Waals surface area contributed by atoms with Gasteiger partial charge in [-0.2, -0.15) is 0 Å². The van der Waals surface area contributed by atoms with Crippen LogP contribution < -0.4 is 10.6 Å². The molecule has 1 atom stereocenters. The second-order valence-corrected chi connectivity index (χ2v) is 7.00. The molecule has 7 heteroatoms. The fourth-order valence-corrected chi connectivity index (χ4v) is 2.98. The fraction of sp³-hybridized carbons (Fsp3) is 0.250. The van der Waals surface area contributed by atoms with Gasteiger partial charge in [-0.1, -0.05) is 43.6 Å².